The average Bonchev–Trinajstić information content (AvgIpc) is 2.59. The molecule has 4 nitrogen and oxygen atoms in total. The van der Waals surface area contributed by atoms with Gasteiger partial charge in [0.15, 0.2) is 0 Å². The number of benzene rings is 1. The van der Waals surface area contributed by atoms with Crippen LogP contribution in [0.5, 0.6) is 0 Å². The zero-order valence-corrected chi connectivity index (χ0v) is 13.9. The molecule has 124 valence electrons. The van der Waals surface area contributed by atoms with E-state index >= 15 is 0 Å². The minimum atomic E-state index is -0.304. The summed E-state index contributed by atoms with van der Waals surface area (Å²) in [5, 5.41) is 0. The Balaban J connectivity index is 1.65. The number of rotatable bonds is 3. The first kappa shape index (κ1) is 16.3. The summed E-state index contributed by atoms with van der Waals surface area (Å²) in [7, 11) is 0. The van der Waals surface area contributed by atoms with Crippen molar-refractivity contribution in [3.8, 4) is 0 Å². The number of hydrogen-bond donors (Lipinski definition) is 0. The Bertz CT molecular complexity index is 590. The lowest BCUT2D eigenvalue weighted by atomic mass is 9.95. The third kappa shape index (κ3) is 3.86. The molecule has 2 fully saturated rings. The molecule has 2 amide bonds. The molecule has 6 heteroatoms. The zero-order valence-electron chi connectivity index (χ0n) is 13.0. The fourth-order valence-corrected chi connectivity index (χ4v) is 4.05. The predicted molar refractivity (Wildman–Crippen MR) is 88.4 cm³/mol. The van der Waals surface area contributed by atoms with E-state index < -0.39 is 0 Å². The fourth-order valence-electron chi connectivity index (χ4n) is 3.14. The molecule has 1 aromatic rings. The third-order valence-corrected chi connectivity index (χ3v) is 5.43. The number of carbonyl (C=O) groups is 2. The van der Waals surface area contributed by atoms with Gasteiger partial charge in [0.05, 0.1) is 5.92 Å². The van der Waals surface area contributed by atoms with Crippen LogP contribution in [0, 0.1) is 11.7 Å². The van der Waals surface area contributed by atoms with Gasteiger partial charge in [0.2, 0.25) is 11.8 Å². The summed E-state index contributed by atoms with van der Waals surface area (Å²) < 4.78 is 13.8. The second-order valence-corrected chi connectivity index (χ2v) is 7.26. The number of halogens is 1. The molecule has 2 aliphatic heterocycles. The first-order valence-electron chi connectivity index (χ1n) is 8.03. The molecular weight excluding hydrogens is 315 g/mol. The largest absolute Gasteiger partial charge is 0.341 e. The Hall–Kier alpha value is -1.56. The minimum Gasteiger partial charge on any atom is -0.341 e. The molecule has 1 atom stereocenters. The molecule has 2 heterocycles. The van der Waals surface area contributed by atoms with E-state index in [0.717, 1.165) is 24.6 Å². The Labute approximate surface area is 140 Å². The Morgan fingerprint density at radius 2 is 2.00 bits per heavy atom. The highest BCUT2D eigenvalue weighted by Crippen LogP contribution is 2.23. The fraction of sp³-hybridized carbons (Fsp3) is 0.529. The number of hydrogen-bond acceptors (Lipinski definition) is 3. The molecule has 2 aliphatic rings. The molecule has 0 saturated carbocycles. The quantitative estimate of drug-likeness (QED) is 0.849. The average molecular weight is 336 g/mol. The van der Waals surface area contributed by atoms with Gasteiger partial charge in [-0.2, -0.15) is 11.8 Å². The van der Waals surface area contributed by atoms with Crippen LogP contribution in [0.1, 0.15) is 18.4 Å². The molecule has 23 heavy (non-hydrogen) atoms. The van der Waals surface area contributed by atoms with Crippen molar-refractivity contribution in [1.82, 2.24) is 9.80 Å². The second-order valence-electron chi connectivity index (χ2n) is 6.04. The Morgan fingerprint density at radius 3 is 2.74 bits per heavy atom. The van der Waals surface area contributed by atoms with Crippen LogP contribution in [0.4, 0.5) is 4.39 Å². The Kier molecular flexibility index (Phi) is 5.20. The number of likely N-dealkylation sites (tertiary alicyclic amines) is 1. The topological polar surface area (TPSA) is 40.6 Å². The predicted octanol–water partition coefficient (Wildman–Crippen LogP) is 2.14. The third-order valence-electron chi connectivity index (χ3n) is 4.49. The molecule has 3 rings (SSSR count). The molecule has 0 bridgehead atoms. The molecule has 0 radical (unpaired) electrons. The van der Waals surface area contributed by atoms with Crippen LogP contribution in [-0.2, 0) is 16.1 Å². The molecule has 1 unspecified atom stereocenters. The SMILES string of the molecule is O=C1CCC(C(=O)N2CCSCC2)CN1Cc1ccccc1F. The van der Waals surface area contributed by atoms with Crippen molar-refractivity contribution >= 4 is 23.6 Å². The van der Waals surface area contributed by atoms with Crippen molar-refractivity contribution in [2.75, 3.05) is 31.1 Å². The minimum absolute atomic E-state index is 0.00602. The van der Waals surface area contributed by atoms with Crippen LogP contribution < -0.4 is 0 Å². The van der Waals surface area contributed by atoms with Gasteiger partial charge in [0.1, 0.15) is 5.82 Å². The standard InChI is InChI=1S/C17H21FN2O2S/c18-15-4-2-1-3-13(15)11-20-12-14(5-6-16(20)21)17(22)19-7-9-23-10-8-19/h1-4,14H,5-12H2. The maximum atomic E-state index is 13.8. The van der Waals surface area contributed by atoms with Gasteiger partial charge in [-0.05, 0) is 12.5 Å². The molecule has 0 N–H and O–H groups in total. The summed E-state index contributed by atoms with van der Waals surface area (Å²) in [5.74, 6) is 1.67. The van der Waals surface area contributed by atoms with E-state index in [1.54, 1.807) is 23.1 Å². The van der Waals surface area contributed by atoms with Crippen molar-refractivity contribution < 1.29 is 14.0 Å². The first-order chi connectivity index (χ1) is 11.1. The van der Waals surface area contributed by atoms with Crippen LogP contribution in [0.3, 0.4) is 0 Å². The van der Waals surface area contributed by atoms with E-state index in [9.17, 15) is 14.0 Å². The summed E-state index contributed by atoms with van der Waals surface area (Å²) in [6.07, 6.45) is 0.975. The maximum absolute atomic E-state index is 13.8. The smallest absolute Gasteiger partial charge is 0.227 e. The number of nitrogens with zero attached hydrogens (tertiary/aromatic N) is 2. The van der Waals surface area contributed by atoms with Gasteiger partial charge < -0.3 is 9.80 Å². The van der Waals surface area contributed by atoms with Crippen LogP contribution in [0.15, 0.2) is 24.3 Å². The van der Waals surface area contributed by atoms with E-state index in [1.165, 1.54) is 6.07 Å². The first-order valence-corrected chi connectivity index (χ1v) is 9.18. The van der Waals surface area contributed by atoms with Crippen LogP contribution in [0.25, 0.3) is 0 Å². The van der Waals surface area contributed by atoms with Crippen molar-refractivity contribution in [1.29, 1.82) is 0 Å². The number of amides is 2. The second kappa shape index (κ2) is 7.34. The van der Waals surface area contributed by atoms with Crippen molar-refractivity contribution in [2.45, 2.75) is 19.4 Å². The summed E-state index contributed by atoms with van der Waals surface area (Å²) in [5.41, 5.74) is 0.503. The Morgan fingerprint density at radius 1 is 1.26 bits per heavy atom. The monoisotopic (exact) mass is 336 g/mol. The van der Waals surface area contributed by atoms with Crippen molar-refractivity contribution in [2.24, 2.45) is 5.92 Å². The lowest BCUT2D eigenvalue weighted by molar-refractivity contribution is -0.143. The molecular formula is C17H21FN2O2S. The molecule has 2 saturated heterocycles. The van der Waals surface area contributed by atoms with E-state index in [0.29, 0.717) is 24.9 Å². The summed E-state index contributed by atoms with van der Waals surface area (Å²) in [6, 6.07) is 6.49. The summed E-state index contributed by atoms with van der Waals surface area (Å²) >= 11 is 1.87. The van der Waals surface area contributed by atoms with Gasteiger partial charge in [-0.15, -0.1) is 0 Å². The molecule has 1 aromatic carbocycles. The number of thioether (sulfide) groups is 1. The lowest BCUT2D eigenvalue weighted by Crippen LogP contribution is -2.48. The van der Waals surface area contributed by atoms with E-state index in [-0.39, 0.29) is 30.1 Å². The normalized spacial score (nSPS) is 22.3. The zero-order chi connectivity index (χ0) is 16.2. The van der Waals surface area contributed by atoms with Crippen molar-refractivity contribution in [3.63, 3.8) is 0 Å². The van der Waals surface area contributed by atoms with E-state index in [2.05, 4.69) is 0 Å². The number of carbonyl (C=O) groups excluding carboxylic acids is 2. The van der Waals surface area contributed by atoms with Gasteiger partial charge in [-0.25, -0.2) is 4.39 Å². The molecule has 0 aromatic heterocycles. The number of piperidine rings is 1. The van der Waals surface area contributed by atoms with E-state index in [4.69, 9.17) is 0 Å². The van der Waals surface area contributed by atoms with Gasteiger partial charge in [-0.3, -0.25) is 9.59 Å². The summed E-state index contributed by atoms with van der Waals surface area (Å²) in [6.45, 7) is 2.23. The maximum Gasteiger partial charge on any atom is 0.227 e. The molecule has 0 spiro atoms. The van der Waals surface area contributed by atoms with Crippen LogP contribution >= 0.6 is 11.8 Å². The van der Waals surface area contributed by atoms with Crippen LogP contribution in [0.2, 0.25) is 0 Å². The van der Waals surface area contributed by atoms with Gasteiger partial charge >= 0.3 is 0 Å². The van der Waals surface area contributed by atoms with E-state index in [1.807, 2.05) is 16.7 Å². The van der Waals surface area contributed by atoms with Crippen molar-refractivity contribution in [3.05, 3.63) is 35.6 Å². The lowest BCUT2D eigenvalue weighted by Gasteiger charge is -2.36. The van der Waals surface area contributed by atoms with Gasteiger partial charge in [0, 0.05) is 49.7 Å². The van der Waals surface area contributed by atoms with Crippen LogP contribution in [-0.4, -0.2) is 52.8 Å². The highest BCUT2D eigenvalue weighted by atomic mass is 32.2. The van der Waals surface area contributed by atoms with Gasteiger partial charge in [0.25, 0.3) is 0 Å². The molecule has 0 aliphatic carbocycles. The highest BCUT2D eigenvalue weighted by molar-refractivity contribution is 7.99. The van der Waals surface area contributed by atoms with Gasteiger partial charge in [-0.1, -0.05) is 18.2 Å². The summed E-state index contributed by atoms with van der Waals surface area (Å²) in [4.78, 5) is 28.3. The highest BCUT2D eigenvalue weighted by Gasteiger charge is 2.33.